The Morgan fingerprint density at radius 2 is 1.92 bits per heavy atom. The molecule has 0 spiro atoms. The molecule has 24 heavy (non-hydrogen) atoms. The van der Waals surface area contributed by atoms with Crippen LogP contribution in [0.2, 0.25) is 0 Å². The molecule has 0 aromatic heterocycles. The molecule has 3 rings (SSSR count). The Balaban J connectivity index is 0.00000208. The van der Waals surface area contributed by atoms with Crippen LogP contribution in [0.1, 0.15) is 52.4 Å². The third kappa shape index (κ3) is 5.21. The zero-order valence-corrected chi connectivity index (χ0v) is 17.6. The third-order valence-electron chi connectivity index (χ3n) is 5.53. The molecule has 0 radical (unpaired) electrons. The summed E-state index contributed by atoms with van der Waals surface area (Å²) >= 11 is 0. The summed E-state index contributed by atoms with van der Waals surface area (Å²) in [5, 5.41) is 3.48. The molecule has 1 saturated carbocycles. The van der Waals surface area contributed by atoms with Crippen molar-refractivity contribution >= 4 is 29.9 Å². The highest BCUT2D eigenvalue weighted by atomic mass is 127. The first kappa shape index (κ1) is 20.2. The van der Waals surface area contributed by atoms with Gasteiger partial charge in [-0.2, -0.15) is 0 Å². The minimum absolute atomic E-state index is 0. The number of nitrogens with zero attached hydrogens (tertiary/aromatic N) is 2. The normalized spacial score (nSPS) is 30.2. The maximum atomic E-state index is 5.97. The van der Waals surface area contributed by atoms with Gasteiger partial charge in [0.25, 0.3) is 0 Å². The summed E-state index contributed by atoms with van der Waals surface area (Å²) in [4.78, 5) is 7.36. The Labute approximate surface area is 164 Å². The molecule has 2 saturated heterocycles. The molecule has 1 N–H and O–H groups in total. The van der Waals surface area contributed by atoms with Gasteiger partial charge in [-0.05, 0) is 38.0 Å². The van der Waals surface area contributed by atoms with E-state index in [4.69, 9.17) is 14.5 Å². The molecular weight excluding hydrogens is 417 g/mol. The van der Waals surface area contributed by atoms with Gasteiger partial charge in [0.1, 0.15) is 6.10 Å². The molecule has 140 valence electrons. The number of hydrogen-bond donors (Lipinski definition) is 1. The number of rotatable bonds is 4. The Morgan fingerprint density at radius 3 is 2.58 bits per heavy atom. The smallest absolute Gasteiger partial charge is 0.194 e. The second-order valence-corrected chi connectivity index (χ2v) is 7.59. The fraction of sp³-hybridized carbons (Fsp3) is 0.944. The van der Waals surface area contributed by atoms with Crippen molar-refractivity contribution in [3.63, 3.8) is 0 Å². The molecule has 1 aliphatic carbocycles. The molecule has 2 heterocycles. The zero-order chi connectivity index (χ0) is 16.1. The van der Waals surface area contributed by atoms with Gasteiger partial charge in [-0.1, -0.05) is 19.8 Å². The van der Waals surface area contributed by atoms with Crippen molar-refractivity contribution in [1.29, 1.82) is 0 Å². The fourth-order valence-corrected chi connectivity index (χ4v) is 4.07. The highest BCUT2D eigenvalue weighted by Crippen LogP contribution is 2.37. The zero-order valence-electron chi connectivity index (χ0n) is 15.3. The predicted molar refractivity (Wildman–Crippen MR) is 108 cm³/mol. The number of guanidine groups is 1. The molecule has 2 aliphatic heterocycles. The second-order valence-electron chi connectivity index (χ2n) is 7.59. The van der Waals surface area contributed by atoms with Gasteiger partial charge < -0.3 is 19.7 Å². The molecule has 0 amide bonds. The monoisotopic (exact) mass is 451 g/mol. The van der Waals surface area contributed by atoms with Crippen molar-refractivity contribution in [3.05, 3.63) is 0 Å². The van der Waals surface area contributed by atoms with Gasteiger partial charge in [0.05, 0.1) is 12.7 Å². The standard InChI is InChI=1S/C18H33N3O2.HI/c1-3-19-17(20-14-18(2)8-4-5-9-18)21-10-12-23-16(13-21)15-7-6-11-22-15;/h15-16H,3-14H2,1-2H3,(H,19,20);1H. The van der Waals surface area contributed by atoms with Crippen molar-refractivity contribution in [1.82, 2.24) is 10.2 Å². The van der Waals surface area contributed by atoms with Crippen LogP contribution in [-0.4, -0.2) is 62.5 Å². The summed E-state index contributed by atoms with van der Waals surface area (Å²) in [5.41, 5.74) is 0.404. The summed E-state index contributed by atoms with van der Waals surface area (Å²) in [6.45, 7) is 9.86. The topological polar surface area (TPSA) is 46.1 Å². The summed E-state index contributed by atoms with van der Waals surface area (Å²) < 4.78 is 11.8. The maximum Gasteiger partial charge on any atom is 0.194 e. The summed E-state index contributed by atoms with van der Waals surface area (Å²) in [5.74, 6) is 1.06. The Bertz CT molecular complexity index is 407. The molecule has 3 fully saturated rings. The van der Waals surface area contributed by atoms with Crippen LogP contribution >= 0.6 is 24.0 Å². The number of hydrogen-bond acceptors (Lipinski definition) is 3. The molecule has 2 atom stereocenters. The number of nitrogens with one attached hydrogen (secondary N) is 1. The molecule has 0 bridgehead atoms. The van der Waals surface area contributed by atoms with Gasteiger partial charge >= 0.3 is 0 Å². The van der Waals surface area contributed by atoms with Crippen LogP contribution in [0.15, 0.2) is 4.99 Å². The highest BCUT2D eigenvalue weighted by molar-refractivity contribution is 14.0. The average Bonchev–Trinajstić information content (AvgIpc) is 3.24. The summed E-state index contributed by atoms with van der Waals surface area (Å²) in [6.07, 6.45) is 8.11. The average molecular weight is 451 g/mol. The highest BCUT2D eigenvalue weighted by Gasteiger charge is 2.33. The van der Waals surface area contributed by atoms with E-state index in [2.05, 4.69) is 24.1 Å². The molecule has 5 nitrogen and oxygen atoms in total. The van der Waals surface area contributed by atoms with Crippen LogP contribution in [0.5, 0.6) is 0 Å². The van der Waals surface area contributed by atoms with Crippen molar-refractivity contribution in [2.24, 2.45) is 10.4 Å². The van der Waals surface area contributed by atoms with Gasteiger partial charge in [-0.15, -0.1) is 24.0 Å². The fourth-order valence-electron chi connectivity index (χ4n) is 4.07. The van der Waals surface area contributed by atoms with Crippen LogP contribution < -0.4 is 5.32 Å². The van der Waals surface area contributed by atoms with Crippen molar-refractivity contribution in [2.75, 3.05) is 39.4 Å². The molecule has 2 unspecified atom stereocenters. The Morgan fingerprint density at radius 1 is 1.17 bits per heavy atom. The lowest BCUT2D eigenvalue weighted by Gasteiger charge is -2.37. The predicted octanol–water partition coefficient (Wildman–Crippen LogP) is 3.03. The molecular formula is C18H34IN3O2. The molecule has 6 heteroatoms. The van der Waals surface area contributed by atoms with Gasteiger partial charge in [0.2, 0.25) is 0 Å². The van der Waals surface area contributed by atoms with Crippen molar-refractivity contribution in [2.45, 2.75) is 64.6 Å². The Kier molecular flexibility index (Phi) is 8.07. The van der Waals surface area contributed by atoms with Crippen LogP contribution in [-0.2, 0) is 9.47 Å². The van der Waals surface area contributed by atoms with Crippen LogP contribution in [0.3, 0.4) is 0 Å². The summed E-state index contributed by atoms with van der Waals surface area (Å²) in [6, 6.07) is 0. The van der Waals surface area contributed by atoms with Crippen LogP contribution in [0.25, 0.3) is 0 Å². The van der Waals surface area contributed by atoms with E-state index in [1.807, 2.05) is 0 Å². The van der Waals surface area contributed by atoms with E-state index in [0.29, 0.717) is 5.41 Å². The van der Waals surface area contributed by atoms with E-state index in [-0.39, 0.29) is 36.2 Å². The van der Waals surface area contributed by atoms with E-state index in [1.165, 1.54) is 25.7 Å². The number of halogens is 1. The number of morpholine rings is 1. The lowest BCUT2D eigenvalue weighted by atomic mass is 9.89. The Hall–Kier alpha value is -0.0800. The largest absolute Gasteiger partial charge is 0.375 e. The van der Waals surface area contributed by atoms with Crippen molar-refractivity contribution < 1.29 is 9.47 Å². The quantitative estimate of drug-likeness (QED) is 0.406. The lowest BCUT2D eigenvalue weighted by molar-refractivity contribution is -0.0817. The van der Waals surface area contributed by atoms with E-state index >= 15 is 0 Å². The van der Waals surface area contributed by atoms with Crippen molar-refractivity contribution in [3.8, 4) is 0 Å². The molecule has 3 aliphatic rings. The van der Waals surface area contributed by atoms with Crippen LogP contribution in [0, 0.1) is 5.41 Å². The molecule has 0 aromatic carbocycles. The number of ether oxygens (including phenoxy) is 2. The van der Waals surface area contributed by atoms with Crippen LogP contribution in [0.4, 0.5) is 0 Å². The maximum absolute atomic E-state index is 5.97. The lowest BCUT2D eigenvalue weighted by Crippen LogP contribution is -2.53. The second kappa shape index (κ2) is 9.57. The summed E-state index contributed by atoms with van der Waals surface area (Å²) in [7, 11) is 0. The first-order chi connectivity index (χ1) is 11.2. The van der Waals surface area contributed by atoms with Gasteiger partial charge in [-0.25, -0.2) is 0 Å². The van der Waals surface area contributed by atoms with E-state index < -0.39 is 0 Å². The number of aliphatic imine (C=N–C) groups is 1. The first-order valence-electron chi connectivity index (χ1n) is 9.47. The van der Waals surface area contributed by atoms with E-state index in [9.17, 15) is 0 Å². The minimum Gasteiger partial charge on any atom is -0.375 e. The minimum atomic E-state index is 0. The van der Waals surface area contributed by atoms with Gasteiger partial charge in [-0.3, -0.25) is 4.99 Å². The van der Waals surface area contributed by atoms with Gasteiger partial charge in [0.15, 0.2) is 5.96 Å². The third-order valence-corrected chi connectivity index (χ3v) is 5.53. The van der Waals surface area contributed by atoms with E-state index in [0.717, 1.165) is 58.2 Å². The molecule has 0 aromatic rings. The first-order valence-corrected chi connectivity index (χ1v) is 9.47. The van der Waals surface area contributed by atoms with E-state index in [1.54, 1.807) is 0 Å². The SMILES string of the molecule is CCNC(=NCC1(C)CCCC1)N1CCOC(C2CCCO2)C1.I. The van der Waals surface area contributed by atoms with Gasteiger partial charge in [0, 0.05) is 32.8 Å².